The summed E-state index contributed by atoms with van der Waals surface area (Å²) in [5, 5.41) is 22.1. The number of hydrogen-bond donors (Lipinski definition) is 7. The van der Waals surface area contributed by atoms with Crippen LogP contribution in [0, 0.1) is 13.8 Å². The minimum atomic E-state index is -3.55. The van der Waals surface area contributed by atoms with E-state index in [1.807, 2.05) is 45.9 Å². The van der Waals surface area contributed by atoms with Gasteiger partial charge in [0.1, 0.15) is 5.60 Å². The van der Waals surface area contributed by atoms with Gasteiger partial charge in [0.05, 0.1) is 81.3 Å². The van der Waals surface area contributed by atoms with Crippen molar-refractivity contribution in [3.8, 4) is 0 Å². The average molecular weight is 1820 g/mol. The van der Waals surface area contributed by atoms with Gasteiger partial charge >= 0.3 is 12.1 Å². The number of carbonyl (C=O) groups excluding carboxylic acids is 2. The van der Waals surface area contributed by atoms with Crippen LogP contribution in [0.1, 0.15) is 225 Å². The number of likely N-dealkylation sites (tertiary alicyclic amines) is 2. The Morgan fingerprint density at radius 1 is 0.514 bits per heavy atom. The number of anilines is 2. The molecule has 26 nitrogen and oxygen atoms in total. The summed E-state index contributed by atoms with van der Waals surface area (Å²) < 4.78 is 60.6. The number of aryl methyl sites for hydroxylation is 5. The molecule has 111 heavy (non-hydrogen) atoms. The van der Waals surface area contributed by atoms with E-state index in [0.717, 1.165) is 209 Å². The lowest BCUT2D eigenvalue weighted by atomic mass is 9.97. The molecule has 0 saturated carbocycles. The minimum absolute atomic E-state index is 0. The molecule has 9 heterocycles. The van der Waals surface area contributed by atoms with E-state index in [4.69, 9.17) is 24.8 Å². The maximum atomic E-state index is 13.7. The van der Waals surface area contributed by atoms with E-state index in [-0.39, 0.29) is 107 Å². The van der Waals surface area contributed by atoms with Gasteiger partial charge < -0.3 is 20.1 Å². The second-order valence-electron chi connectivity index (χ2n) is 29.3. The largest absolute Gasteiger partial charge is 0.478 e. The number of nitrogens with one attached hydrogen (secondary N) is 6. The monoisotopic (exact) mass is 1820 g/mol. The highest BCUT2D eigenvalue weighted by molar-refractivity contribution is 9.27. The fourth-order valence-corrected chi connectivity index (χ4v) is 163. The molecule has 3 aliphatic heterocycles. The first-order chi connectivity index (χ1) is 51.9. The number of piperidine rings is 3. The first kappa shape index (κ1) is 92.3. The highest BCUT2D eigenvalue weighted by Crippen LogP contribution is 3.21. The fourth-order valence-electron chi connectivity index (χ4n) is 14.5. The smallest absolute Gasteiger partial charge is 0.410 e. The van der Waals surface area contributed by atoms with Crippen LogP contribution in [-0.4, -0.2) is 131 Å². The molecule has 42 heteroatoms. The van der Waals surface area contributed by atoms with Gasteiger partial charge in [0, 0.05) is 54.0 Å². The molecule has 0 spiro atoms. The van der Waals surface area contributed by atoms with E-state index < -0.39 is 31.6 Å². The topological polar surface area (TPSA) is 342 Å². The summed E-state index contributed by atoms with van der Waals surface area (Å²) in [4.78, 5) is 93.4. The van der Waals surface area contributed by atoms with Gasteiger partial charge in [-0.15, -0.1) is 71.4 Å². The number of hydrogen-bond acceptors (Lipinski definition) is 15. The molecule has 0 radical (unpaired) electrons. The lowest BCUT2D eigenvalue weighted by Gasteiger charge is -2.37. The number of H-pyrrole nitrogens is 3. The molecule has 608 valence electrons. The Hall–Kier alpha value is -2.61. The van der Waals surface area contributed by atoms with Crippen molar-refractivity contribution in [1.82, 2.24) is 58.9 Å². The molecule has 2 amide bonds. The molecular weight excluding hydrogens is 1710 g/mol. The van der Waals surface area contributed by atoms with Crippen molar-refractivity contribution in [3.05, 3.63) is 159 Å². The summed E-state index contributed by atoms with van der Waals surface area (Å²) in [6, 6.07) is 15.4. The number of rotatable bonds is 14. The fraction of sp³-hybridized carbons (Fsp3) is 0.522. The normalized spacial score (nSPS) is 18.0. The van der Waals surface area contributed by atoms with Crippen LogP contribution in [0.4, 0.5) is 16.2 Å². The molecule has 3 aliphatic carbocycles. The number of sulfonamides is 2. The van der Waals surface area contributed by atoms with Gasteiger partial charge in [0.15, 0.2) is 16.9 Å². The second kappa shape index (κ2) is 40.9. The van der Waals surface area contributed by atoms with E-state index >= 15 is 0 Å². The third kappa shape index (κ3) is 24.3. The zero-order valence-corrected chi connectivity index (χ0v) is 79.3. The number of carboxylic acid groups (broad SMARTS) is 1. The van der Waals surface area contributed by atoms with Crippen LogP contribution >= 0.6 is 113 Å². The Morgan fingerprint density at radius 2 is 0.883 bits per heavy atom. The molecule has 3 fully saturated rings. The number of nitrogens with zero attached hydrogens (tertiary/aromatic N) is 8. The maximum Gasteiger partial charge on any atom is 0.410 e. The van der Waals surface area contributed by atoms with E-state index in [1.165, 1.54) is 29.5 Å². The van der Waals surface area contributed by atoms with Crippen molar-refractivity contribution in [2.24, 2.45) is 0 Å². The summed E-state index contributed by atoms with van der Waals surface area (Å²) in [5.41, 5.74) is 11.8. The predicted molar refractivity (Wildman–Crippen MR) is 491 cm³/mol. The van der Waals surface area contributed by atoms with Crippen molar-refractivity contribution in [2.75, 3.05) is 41.6 Å². The number of aromatic amines is 3. The second-order valence-corrected chi connectivity index (χ2v) is 86.2. The Morgan fingerprint density at radius 3 is 1.27 bits per heavy atom. The minimum Gasteiger partial charge on any atom is -0.478 e. The molecule has 3 saturated heterocycles. The van der Waals surface area contributed by atoms with Gasteiger partial charge in [-0.25, -0.2) is 54.9 Å². The van der Waals surface area contributed by atoms with Crippen LogP contribution in [0.2, 0.25) is 0 Å². The third-order valence-corrected chi connectivity index (χ3v) is 99.5. The molecule has 6 aromatic heterocycles. The van der Waals surface area contributed by atoms with E-state index in [9.17, 15) is 45.6 Å². The van der Waals surface area contributed by atoms with Gasteiger partial charge in [-0.2, -0.15) is 0 Å². The van der Waals surface area contributed by atoms with Gasteiger partial charge in [0.25, 0.3) is 22.6 Å². The first-order valence-electron chi connectivity index (χ1n) is 36.6. The SMILES string of the molecule is C.CC(C)(C)OC(=O)N1CCCCC1c1cc2nc3c(c(=O)n2[nH]1)CCCC3.Cc1ccc(NS(C)(=O)=O)c(C(=O)N2CCCCC2c2cc3nc4c(c(=O)n3[nH]2)CCCC4)c1.Cc1ccc(NS(C)(=O)=O)c(C(=O)O)c1.O=c1c2c(nc3cc(C4CCCCN4)[nH]n13)CCCC2.PP(P)P(P(P)P)P(P(P)P)P(P)P. The summed E-state index contributed by atoms with van der Waals surface area (Å²) >= 11 is 0. The van der Waals surface area contributed by atoms with E-state index in [0.29, 0.717) is 36.0 Å². The van der Waals surface area contributed by atoms with Crippen LogP contribution in [-0.2, 0) is 63.3 Å². The molecule has 0 bridgehead atoms. The van der Waals surface area contributed by atoms with E-state index in [2.05, 4.69) is 101 Å². The molecule has 14 rings (SSSR count). The Kier molecular flexibility index (Phi) is 34.0. The number of ether oxygens (including phenoxy) is 1. The number of aromatic nitrogens is 9. The Labute approximate surface area is 675 Å². The first-order valence-corrected chi connectivity index (χ1v) is 64.9. The lowest BCUT2D eigenvalue weighted by Crippen LogP contribution is -2.42. The molecule has 6 aliphatic rings. The van der Waals surface area contributed by atoms with Gasteiger partial charge in [0.2, 0.25) is 20.0 Å². The summed E-state index contributed by atoms with van der Waals surface area (Å²) in [7, 11) is 17.4. The maximum absolute atomic E-state index is 13.7. The lowest BCUT2D eigenvalue weighted by molar-refractivity contribution is 0.00892. The van der Waals surface area contributed by atoms with Crippen LogP contribution in [0.15, 0.2) is 69.0 Å². The van der Waals surface area contributed by atoms with Crippen molar-refractivity contribution >= 4 is 180 Å². The van der Waals surface area contributed by atoms with Crippen LogP contribution < -0.4 is 31.4 Å². The van der Waals surface area contributed by atoms with Crippen molar-refractivity contribution in [2.45, 2.75) is 201 Å². The number of carbonyl (C=O) groups is 3. The third-order valence-electron chi connectivity index (χ3n) is 19.4. The highest BCUT2D eigenvalue weighted by Gasteiger charge is 2.37. The predicted octanol–water partition coefficient (Wildman–Crippen LogP) is 17.5. The van der Waals surface area contributed by atoms with Crippen LogP contribution in [0.3, 0.4) is 0 Å². The number of benzene rings is 2. The molecular formula is C69H108N14O12P14S2. The van der Waals surface area contributed by atoms with Crippen molar-refractivity contribution in [1.29, 1.82) is 0 Å². The summed E-state index contributed by atoms with van der Waals surface area (Å²) in [6.45, 7) is 12.2. The quantitative estimate of drug-likeness (QED) is 0.0497. The summed E-state index contributed by atoms with van der Waals surface area (Å²) in [6.07, 6.45) is 22.2. The summed E-state index contributed by atoms with van der Waals surface area (Å²) in [5.74, 6) is -1.40. The van der Waals surface area contributed by atoms with Gasteiger partial charge in [-0.3, -0.25) is 48.8 Å². The molecule has 2 aromatic carbocycles. The standard InChI is InChI=1S/C24H29N5O4S.C20H28N4O3.C15H20N4O.C9H11NO4S.CH4.H16P14/c1-15-10-11-19(27-34(2,32)33)17(13-15)23(30)28-12-6-5-9-21(28)20-14-22-25-18-8-4-3-7-16(18)24(31)29(22)26-20;1-20(2,3)27-19(26)23-11-7-6-10-16(23)15-12-17-21-14-9-5-4-8-13(14)18(25)24(17)22-15;20-15-10-5-1-2-6-11(10)17-14-9-13(18-19(14)15)12-7-3-4-8-16-12;1-6-3-4-8(10-15(2,13)14)7(5-6)9(11)12;;1-9(2)13(10(3)4)14(11(5)6)12(7)8/h10-11,13-14,21,26-27H,3-9,12H2,1-2H3;12,16,22H,4-11H2,1-3H3;9,12,16,18H,1-8H2;3-5,10H,1-2H3,(H,11,12);1H4;1-8H2. The number of fused-ring (bicyclic) bond motifs is 6. The van der Waals surface area contributed by atoms with Crippen molar-refractivity contribution in [3.63, 3.8) is 0 Å². The molecule has 7 N–H and O–H groups in total. The number of amides is 2. The Bertz CT molecular complexity index is 5050. The highest BCUT2D eigenvalue weighted by atomic mass is 33.3. The zero-order valence-electron chi connectivity index (χ0n) is 63.0. The molecule has 8 aromatic rings. The molecule has 11 unspecified atom stereocenters. The Balaban J connectivity index is 0.000000166. The number of carboxylic acids is 1. The van der Waals surface area contributed by atoms with Gasteiger partial charge in [-0.1, -0.05) is 37.1 Å². The van der Waals surface area contributed by atoms with Crippen LogP contribution in [0.25, 0.3) is 16.9 Å². The average Bonchev–Trinajstić information content (AvgIpc) is 1.64. The van der Waals surface area contributed by atoms with E-state index in [1.54, 1.807) is 50.0 Å². The zero-order chi connectivity index (χ0) is 79.8. The number of aromatic carboxylic acids is 1. The van der Waals surface area contributed by atoms with Gasteiger partial charge in [-0.05, 0) is 236 Å². The van der Waals surface area contributed by atoms with Crippen LogP contribution in [0.5, 0.6) is 0 Å². The van der Waals surface area contributed by atoms with Crippen molar-refractivity contribution < 1.29 is 41.1 Å². The molecule has 11 atom stereocenters.